The molecule has 1 fully saturated rings. The minimum Gasteiger partial charge on any atom is -0.459 e. The van der Waals surface area contributed by atoms with Gasteiger partial charge >= 0.3 is 5.97 Å². The summed E-state index contributed by atoms with van der Waals surface area (Å²) >= 11 is 0. The highest BCUT2D eigenvalue weighted by atomic mass is 16.7. The molecule has 1 aromatic carbocycles. The zero-order valence-electron chi connectivity index (χ0n) is 19.7. The molecule has 182 valence electrons. The topological polar surface area (TPSA) is 83.5 Å². The summed E-state index contributed by atoms with van der Waals surface area (Å²) in [7, 11) is 0. The van der Waals surface area contributed by atoms with Gasteiger partial charge in [-0.15, -0.1) is 0 Å². The molecule has 0 aliphatic carbocycles. The van der Waals surface area contributed by atoms with Gasteiger partial charge in [0.05, 0.1) is 5.56 Å². The minimum atomic E-state index is -1.19. The molecular weight excluding hydrogens is 412 g/mol. The molecule has 7 heteroatoms. The standard InChI is InChI=1S/C25H40O7/c1-4-7-15-28-21-20(18-31-24(26)19-13-11-10-12-14-19)32-25(27)23(30-17-9-6-3)22(21)29-16-8-5-2/h10-14,20-23,25,27H,4-9,15-18H2,1-3H3/t20?,21-,22?,23?,25-/m1/s1. The Hall–Kier alpha value is -1.51. The number of aliphatic hydroxyl groups excluding tert-OH is 1. The molecule has 7 nitrogen and oxygen atoms in total. The third kappa shape index (κ3) is 8.45. The molecule has 32 heavy (non-hydrogen) atoms. The normalized spacial score (nSPS) is 25.6. The highest BCUT2D eigenvalue weighted by molar-refractivity contribution is 5.89. The molecular formula is C25H40O7. The van der Waals surface area contributed by atoms with Crippen LogP contribution in [0.5, 0.6) is 0 Å². The van der Waals surface area contributed by atoms with Crippen molar-refractivity contribution in [3.63, 3.8) is 0 Å². The molecule has 1 aromatic rings. The maximum absolute atomic E-state index is 12.4. The van der Waals surface area contributed by atoms with Crippen molar-refractivity contribution >= 4 is 5.97 Å². The summed E-state index contributed by atoms with van der Waals surface area (Å²) in [5.41, 5.74) is 0.462. The van der Waals surface area contributed by atoms with E-state index in [0.717, 1.165) is 38.5 Å². The van der Waals surface area contributed by atoms with Crippen LogP contribution >= 0.6 is 0 Å². The molecule has 3 unspecified atom stereocenters. The fourth-order valence-corrected chi connectivity index (χ4v) is 3.50. The number of carbonyl (C=O) groups is 1. The molecule has 0 saturated carbocycles. The number of benzene rings is 1. The van der Waals surface area contributed by atoms with Gasteiger partial charge in [-0.3, -0.25) is 0 Å². The van der Waals surface area contributed by atoms with Gasteiger partial charge in [0, 0.05) is 19.8 Å². The van der Waals surface area contributed by atoms with Crippen molar-refractivity contribution in [3.8, 4) is 0 Å². The highest BCUT2D eigenvalue weighted by Crippen LogP contribution is 2.28. The van der Waals surface area contributed by atoms with Crippen LogP contribution in [0.2, 0.25) is 0 Å². The van der Waals surface area contributed by atoms with E-state index in [-0.39, 0.29) is 6.61 Å². The fourth-order valence-electron chi connectivity index (χ4n) is 3.50. The van der Waals surface area contributed by atoms with E-state index in [2.05, 4.69) is 20.8 Å². The SMILES string of the molecule is CCCCOC1C(OCCCC)[C@H](O)OC(COC(=O)c2ccccc2)[C@H]1OCCCC. The molecule has 0 radical (unpaired) electrons. The van der Waals surface area contributed by atoms with Crippen LogP contribution < -0.4 is 0 Å². The first-order valence-corrected chi connectivity index (χ1v) is 12.0. The van der Waals surface area contributed by atoms with E-state index in [0.29, 0.717) is 25.4 Å². The average Bonchev–Trinajstić information content (AvgIpc) is 2.81. The Kier molecular flexibility index (Phi) is 12.8. The van der Waals surface area contributed by atoms with E-state index in [1.54, 1.807) is 24.3 Å². The van der Waals surface area contributed by atoms with E-state index in [9.17, 15) is 9.90 Å². The number of hydrogen-bond acceptors (Lipinski definition) is 7. The predicted octanol–water partition coefficient (Wildman–Crippen LogP) is 4.12. The van der Waals surface area contributed by atoms with E-state index >= 15 is 0 Å². The van der Waals surface area contributed by atoms with Crippen molar-refractivity contribution in [2.75, 3.05) is 26.4 Å². The Morgan fingerprint density at radius 2 is 1.38 bits per heavy atom. The van der Waals surface area contributed by atoms with Gasteiger partial charge < -0.3 is 28.8 Å². The van der Waals surface area contributed by atoms with Crippen LogP contribution in [0, 0.1) is 0 Å². The molecule has 0 spiro atoms. The molecule has 2 rings (SSSR count). The molecule has 1 N–H and O–H groups in total. The second kappa shape index (κ2) is 15.3. The summed E-state index contributed by atoms with van der Waals surface area (Å²) < 4.78 is 29.7. The van der Waals surface area contributed by atoms with Gasteiger partial charge in [0.25, 0.3) is 0 Å². The van der Waals surface area contributed by atoms with Crippen molar-refractivity contribution < 1.29 is 33.6 Å². The van der Waals surface area contributed by atoms with Gasteiger partial charge in [0.15, 0.2) is 6.29 Å². The Morgan fingerprint density at radius 1 is 0.844 bits per heavy atom. The minimum absolute atomic E-state index is 0.0447. The number of ether oxygens (including phenoxy) is 5. The lowest BCUT2D eigenvalue weighted by Gasteiger charge is -2.44. The van der Waals surface area contributed by atoms with Crippen LogP contribution in [0.15, 0.2) is 30.3 Å². The number of aliphatic hydroxyl groups is 1. The van der Waals surface area contributed by atoms with Gasteiger partial charge in [-0.1, -0.05) is 58.2 Å². The molecule has 1 aliphatic rings. The van der Waals surface area contributed by atoms with E-state index in [1.165, 1.54) is 0 Å². The first-order valence-electron chi connectivity index (χ1n) is 12.0. The fraction of sp³-hybridized carbons (Fsp3) is 0.720. The quantitative estimate of drug-likeness (QED) is 0.317. The first-order chi connectivity index (χ1) is 15.6. The molecule has 0 aromatic heterocycles. The molecule has 1 heterocycles. The largest absolute Gasteiger partial charge is 0.459 e. The molecule has 5 atom stereocenters. The maximum atomic E-state index is 12.4. The lowest BCUT2D eigenvalue weighted by Crippen LogP contribution is -2.61. The van der Waals surface area contributed by atoms with Gasteiger partial charge in [-0.2, -0.15) is 0 Å². The summed E-state index contributed by atoms with van der Waals surface area (Å²) in [5, 5.41) is 10.7. The van der Waals surface area contributed by atoms with Gasteiger partial charge in [0.1, 0.15) is 31.0 Å². The molecule has 0 amide bonds. The predicted molar refractivity (Wildman–Crippen MR) is 122 cm³/mol. The zero-order valence-corrected chi connectivity index (χ0v) is 19.7. The second-order valence-electron chi connectivity index (χ2n) is 8.10. The van der Waals surface area contributed by atoms with Gasteiger partial charge in [-0.25, -0.2) is 4.79 Å². The summed E-state index contributed by atoms with van der Waals surface area (Å²) in [4.78, 5) is 12.4. The van der Waals surface area contributed by atoms with Crippen molar-refractivity contribution in [2.24, 2.45) is 0 Å². The van der Waals surface area contributed by atoms with Crippen molar-refractivity contribution in [1.82, 2.24) is 0 Å². The highest BCUT2D eigenvalue weighted by Gasteiger charge is 2.48. The van der Waals surface area contributed by atoms with Crippen molar-refractivity contribution in [3.05, 3.63) is 35.9 Å². The summed E-state index contributed by atoms with van der Waals surface area (Å²) in [6.45, 7) is 7.79. The second-order valence-corrected chi connectivity index (χ2v) is 8.10. The lowest BCUT2D eigenvalue weighted by molar-refractivity contribution is -0.310. The summed E-state index contributed by atoms with van der Waals surface area (Å²) in [6, 6.07) is 8.80. The molecule has 0 bridgehead atoms. The van der Waals surface area contributed by atoms with Crippen LogP contribution in [0.4, 0.5) is 0 Å². The Balaban J connectivity index is 2.13. The molecule has 1 saturated heterocycles. The summed E-state index contributed by atoms with van der Waals surface area (Å²) in [5.74, 6) is -0.444. The number of esters is 1. The number of hydrogen-bond donors (Lipinski definition) is 1. The number of unbranched alkanes of at least 4 members (excludes halogenated alkanes) is 3. The van der Waals surface area contributed by atoms with Crippen LogP contribution in [-0.4, -0.2) is 68.2 Å². The van der Waals surface area contributed by atoms with E-state index in [4.69, 9.17) is 23.7 Å². The van der Waals surface area contributed by atoms with Crippen LogP contribution in [0.25, 0.3) is 0 Å². The van der Waals surface area contributed by atoms with Crippen molar-refractivity contribution in [2.45, 2.75) is 90.0 Å². The van der Waals surface area contributed by atoms with Crippen LogP contribution in [0.3, 0.4) is 0 Å². The molecule has 1 aliphatic heterocycles. The van der Waals surface area contributed by atoms with Crippen LogP contribution in [-0.2, 0) is 23.7 Å². The Morgan fingerprint density at radius 3 is 1.94 bits per heavy atom. The first kappa shape index (κ1) is 26.7. The van der Waals surface area contributed by atoms with Gasteiger partial charge in [0.2, 0.25) is 0 Å². The van der Waals surface area contributed by atoms with E-state index in [1.807, 2.05) is 6.07 Å². The van der Waals surface area contributed by atoms with E-state index < -0.39 is 36.7 Å². The van der Waals surface area contributed by atoms with Crippen molar-refractivity contribution in [1.29, 1.82) is 0 Å². The van der Waals surface area contributed by atoms with Crippen LogP contribution in [0.1, 0.15) is 69.7 Å². The zero-order chi connectivity index (χ0) is 23.2. The third-order valence-electron chi connectivity index (χ3n) is 5.42. The smallest absolute Gasteiger partial charge is 0.338 e. The summed E-state index contributed by atoms with van der Waals surface area (Å²) in [6.07, 6.45) is 2.08. The van der Waals surface area contributed by atoms with Gasteiger partial charge in [-0.05, 0) is 31.4 Å². The number of rotatable bonds is 15. The lowest BCUT2D eigenvalue weighted by atomic mass is 9.98. The average molecular weight is 453 g/mol. The number of carbonyl (C=O) groups excluding carboxylic acids is 1. The Bertz CT molecular complexity index is 624. The maximum Gasteiger partial charge on any atom is 0.338 e. The monoisotopic (exact) mass is 452 g/mol. The third-order valence-corrected chi connectivity index (χ3v) is 5.42. The Labute approximate surface area is 192 Å².